The molecule has 2 amide bonds. The maximum absolute atomic E-state index is 12.2. The number of aryl methyl sites for hydroxylation is 2. The van der Waals surface area contributed by atoms with Crippen LogP contribution in [-0.4, -0.2) is 67.5 Å². The third-order valence-corrected chi connectivity index (χ3v) is 6.70. The molecule has 1 aromatic heterocycles. The highest BCUT2D eigenvalue weighted by Crippen LogP contribution is 2.17. The fourth-order valence-electron chi connectivity index (χ4n) is 2.82. The molecule has 1 aliphatic rings. The number of benzene rings is 1. The normalized spacial score (nSPS) is 16.1. The van der Waals surface area contributed by atoms with E-state index in [1.165, 1.54) is 16.2 Å². The molecule has 2 heterocycles. The Kier molecular flexibility index (Phi) is 5.78. The summed E-state index contributed by atoms with van der Waals surface area (Å²) >= 11 is 1.32. The number of thiazole rings is 1. The van der Waals surface area contributed by atoms with Crippen LogP contribution in [-0.2, 0) is 31.2 Å². The van der Waals surface area contributed by atoms with Gasteiger partial charge in [0.15, 0.2) is 14.6 Å². The van der Waals surface area contributed by atoms with E-state index in [0.29, 0.717) is 31.1 Å². The molecule has 0 spiro atoms. The predicted octanol–water partition coefficient (Wildman–Crippen LogP) is 0.249. The third kappa shape index (κ3) is 4.82. The lowest BCUT2D eigenvalue weighted by atomic mass is 10.2. The SMILES string of the molecule is Cc1ccc2c(c1)sc(=NC(=O)CS(=O)(=O)CC(=O)N1CCOCC1)n2C. The number of rotatable bonds is 4. The molecule has 0 saturated carbocycles. The Labute approximate surface area is 161 Å². The van der Waals surface area contributed by atoms with E-state index in [1.807, 2.05) is 25.1 Å². The maximum Gasteiger partial charge on any atom is 0.263 e. The number of hydrogen-bond donors (Lipinski definition) is 0. The van der Waals surface area contributed by atoms with E-state index >= 15 is 0 Å². The van der Waals surface area contributed by atoms with Crippen LogP contribution >= 0.6 is 11.3 Å². The number of fused-ring (bicyclic) bond motifs is 1. The topological polar surface area (TPSA) is 98.0 Å². The molecule has 0 bridgehead atoms. The van der Waals surface area contributed by atoms with Gasteiger partial charge < -0.3 is 14.2 Å². The number of ether oxygens (including phenoxy) is 1. The van der Waals surface area contributed by atoms with Crippen molar-refractivity contribution in [2.45, 2.75) is 6.92 Å². The van der Waals surface area contributed by atoms with Gasteiger partial charge in [-0.15, -0.1) is 0 Å². The minimum absolute atomic E-state index is 0.365. The lowest BCUT2D eigenvalue weighted by Gasteiger charge is -2.26. The zero-order valence-electron chi connectivity index (χ0n) is 15.2. The molecule has 1 aliphatic heterocycles. The number of carbonyl (C=O) groups excluding carboxylic acids is 2. The van der Waals surface area contributed by atoms with Gasteiger partial charge >= 0.3 is 0 Å². The van der Waals surface area contributed by atoms with Crippen molar-refractivity contribution in [1.82, 2.24) is 9.47 Å². The van der Waals surface area contributed by atoms with Gasteiger partial charge in [0.1, 0.15) is 11.5 Å². The second-order valence-corrected chi connectivity index (χ2v) is 9.52. The van der Waals surface area contributed by atoms with Crippen molar-refractivity contribution in [3.05, 3.63) is 28.6 Å². The number of morpholine rings is 1. The van der Waals surface area contributed by atoms with Crippen molar-refractivity contribution in [2.75, 3.05) is 37.8 Å². The van der Waals surface area contributed by atoms with Crippen molar-refractivity contribution >= 4 is 43.2 Å². The molecular formula is C17H21N3O5S2. The molecule has 0 unspecified atom stereocenters. The molecule has 1 aromatic carbocycles. The van der Waals surface area contributed by atoms with Crippen LogP contribution in [0.4, 0.5) is 0 Å². The van der Waals surface area contributed by atoms with Crippen LogP contribution in [0.25, 0.3) is 10.2 Å². The summed E-state index contributed by atoms with van der Waals surface area (Å²) in [5, 5.41) is 0. The first kappa shape index (κ1) is 19.7. The monoisotopic (exact) mass is 411 g/mol. The van der Waals surface area contributed by atoms with Crippen molar-refractivity contribution in [1.29, 1.82) is 0 Å². The van der Waals surface area contributed by atoms with E-state index in [2.05, 4.69) is 4.99 Å². The van der Waals surface area contributed by atoms with Crippen LogP contribution in [0.1, 0.15) is 5.56 Å². The van der Waals surface area contributed by atoms with Gasteiger partial charge in [0.2, 0.25) is 5.91 Å². The molecule has 0 N–H and O–H groups in total. The first-order valence-electron chi connectivity index (χ1n) is 8.45. The molecule has 0 radical (unpaired) electrons. The van der Waals surface area contributed by atoms with Crippen LogP contribution in [0.3, 0.4) is 0 Å². The molecule has 27 heavy (non-hydrogen) atoms. The molecule has 8 nitrogen and oxygen atoms in total. The summed E-state index contributed by atoms with van der Waals surface area (Å²) in [6.45, 7) is 3.48. The van der Waals surface area contributed by atoms with Crippen LogP contribution < -0.4 is 4.80 Å². The van der Waals surface area contributed by atoms with Crippen molar-refractivity contribution in [3.63, 3.8) is 0 Å². The number of aromatic nitrogens is 1. The van der Waals surface area contributed by atoms with Gasteiger partial charge in [-0.1, -0.05) is 17.4 Å². The minimum Gasteiger partial charge on any atom is -0.378 e. The molecule has 10 heteroatoms. The Morgan fingerprint density at radius 1 is 1.22 bits per heavy atom. The summed E-state index contributed by atoms with van der Waals surface area (Å²) in [5.74, 6) is -2.75. The quantitative estimate of drug-likeness (QED) is 0.718. The van der Waals surface area contributed by atoms with Gasteiger partial charge in [0, 0.05) is 20.1 Å². The van der Waals surface area contributed by atoms with Gasteiger partial charge in [-0.25, -0.2) is 8.42 Å². The zero-order valence-corrected chi connectivity index (χ0v) is 16.8. The van der Waals surface area contributed by atoms with Gasteiger partial charge in [0.25, 0.3) is 5.91 Å². The van der Waals surface area contributed by atoms with E-state index in [0.717, 1.165) is 15.8 Å². The summed E-state index contributed by atoms with van der Waals surface area (Å²) < 4.78 is 32.3. The van der Waals surface area contributed by atoms with Gasteiger partial charge in [-0.05, 0) is 24.6 Å². The van der Waals surface area contributed by atoms with Crippen LogP contribution in [0.5, 0.6) is 0 Å². The summed E-state index contributed by atoms with van der Waals surface area (Å²) in [6.07, 6.45) is 0. The lowest BCUT2D eigenvalue weighted by molar-refractivity contribution is -0.132. The Morgan fingerprint density at radius 3 is 2.63 bits per heavy atom. The Balaban J connectivity index is 1.73. The van der Waals surface area contributed by atoms with Gasteiger partial charge in [-0.2, -0.15) is 4.99 Å². The fraction of sp³-hybridized carbons (Fsp3) is 0.471. The summed E-state index contributed by atoms with van der Waals surface area (Å²) in [5.41, 5.74) is 2.01. The number of amides is 2. The standard InChI is InChI=1S/C17H21N3O5S2/c1-12-3-4-13-14(9-12)26-17(19(13)2)18-15(21)10-27(23,24)11-16(22)20-5-7-25-8-6-20/h3-4,9H,5-8,10-11H2,1-2H3. The minimum atomic E-state index is -3.88. The lowest BCUT2D eigenvalue weighted by Crippen LogP contribution is -2.43. The maximum atomic E-state index is 12.2. The first-order chi connectivity index (χ1) is 12.7. The average Bonchev–Trinajstić information content (AvgIpc) is 2.89. The van der Waals surface area contributed by atoms with E-state index < -0.39 is 33.2 Å². The van der Waals surface area contributed by atoms with Crippen molar-refractivity contribution in [2.24, 2.45) is 12.0 Å². The molecular weight excluding hydrogens is 390 g/mol. The summed E-state index contributed by atoms with van der Waals surface area (Å²) in [6, 6.07) is 5.88. The van der Waals surface area contributed by atoms with Crippen molar-refractivity contribution < 1.29 is 22.7 Å². The highest BCUT2D eigenvalue weighted by molar-refractivity contribution is 7.92. The smallest absolute Gasteiger partial charge is 0.263 e. The first-order valence-corrected chi connectivity index (χ1v) is 11.1. The van der Waals surface area contributed by atoms with E-state index in [9.17, 15) is 18.0 Å². The average molecular weight is 412 g/mol. The molecule has 0 atom stereocenters. The molecule has 146 valence electrons. The molecule has 1 fully saturated rings. The van der Waals surface area contributed by atoms with Crippen molar-refractivity contribution in [3.8, 4) is 0 Å². The van der Waals surface area contributed by atoms with E-state index in [-0.39, 0.29) is 0 Å². The highest BCUT2D eigenvalue weighted by atomic mass is 32.2. The van der Waals surface area contributed by atoms with Crippen LogP contribution in [0, 0.1) is 6.92 Å². The highest BCUT2D eigenvalue weighted by Gasteiger charge is 2.25. The van der Waals surface area contributed by atoms with E-state index in [4.69, 9.17) is 4.74 Å². The number of nitrogens with zero attached hydrogens (tertiary/aromatic N) is 3. The Morgan fingerprint density at radius 2 is 1.93 bits per heavy atom. The second kappa shape index (κ2) is 7.91. The summed E-state index contributed by atoms with van der Waals surface area (Å²) in [7, 11) is -2.10. The van der Waals surface area contributed by atoms with E-state index in [1.54, 1.807) is 11.6 Å². The number of sulfone groups is 1. The largest absolute Gasteiger partial charge is 0.378 e. The van der Waals surface area contributed by atoms with Crippen LogP contribution in [0.2, 0.25) is 0 Å². The second-order valence-electron chi connectivity index (χ2n) is 6.45. The predicted molar refractivity (Wildman–Crippen MR) is 102 cm³/mol. The van der Waals surface area contributed by atoms with Gasteiger partial charge in [-0.3, -0.25) is 9.59 Å². The number of carbonyl (C=O) groups is 2. The molecule has 0 aliphatic carbocycles. The van der Waals surface area contributed by atoms with Crippen LogP contribution in [0.15, 0.2) is 23.2 Å². The molecule has 3 rings (SSSR count). The zero-order chi connectivity index (χ0) is 19.6. The Bertz CT molecular complexity index is 1050. The molecule has 2 aromatic rings. The fourth-order valence-corrected chi connectivity index (χ4v) is 5.05. The third-order valence-electron chi connectivity index (χ3n) is 4.24. The Hall–Kier alpha value is -2.04. The number of hydrogen-bond acceptors (Lipinski definition) is 6. The molecule has 1 saturated heterocycles. The summed E-state index contributed by atoms with van der Waals surface area (Å²) in [4.78, 5) is 30.1. The van der Waals surface area contributed by atoms with Gasteiger partial charge in [0.05, 0.1) is 23.4 Å².